The van der Waals surface area contributed by atoms with E-state index in [-0.39, 0.29) is 0 Å². The molecule has 0 unspecified atom stereocenters. The van der Waals surface area contributed by atoms with Crippen molar-refractivity contribution >= 4 is 17.3 Å². The molecule has 0 radical (unpaired) electrons. The standard InChI is InChI=1S/C17H21N3O/c1-12-10-13(17(18)21)4-5-14(12)11-19-15-6-8-16(9-7-15)20(2)3/h4-10,19H,11H2,1-3H3,(H2,18,21). The second kappa shape index (κ2) is 6.31. The van der Waals surface area contributed by atoms with Gasteiger partial charge >= 0.3 is 0 Å². The molecule has 0 aliphatic heterocycles. The normalized spacial score (nSPS) is 10.2. The van der Waals surface area contributed by atoms with E-state index in [0.717, 1.165) is 16.8 Å². The van der Waals surface area contributed by atoms with E-state index >= 15 is 0 Å². The van der Waals surface area contributed by atoms with E-state index in [1.54, 1.807) is 6.07 Å². The maximum Gasteiger partial charge on any atom is 0.248 e. The number of amides is 1. The highest BCUT2D eigenvalue weighted by atomic mass is 16.1. The minimum Gasteiger partial charge on any atom is -0.381 e. The molecule has 0 bridgehead atoms. The number of nitrogens with one attached hydrogen (secondary N) is 1. The Bertz CT molecular complexity index is 633. The zero-order valence-electron chi connectivity index (χ0n) is 12.7. The molecule has 0 fully saturated rings. The van der Waals surface area contributed by atoms with E-state index in [1.807, 2.05) is 33.2 Å². The first-order valence-electron chi connectivity index (χ1n) is 6.88. The molecular formula is C17H21N3O. The summed E-state index contributed by atoms with van der Waals surface area (Å²) in [5.41, 5.74) is 10.3. The van der Waals surface area contributed by atoms with Gasteiger partial charge in [-0.3, -0.25) is 4.79 Å². The molecule has 2 aromatic carbocycles. The molecule has 0 aliphatic rings. The van der Waals surface area contributed by atoms with Gasteiger partial charge in [-0.25, -0.2) is 0 Å². The highest BCUT2D eigenvalue weighted by Gasteiger charge is 2.04. The number of anilines is 2. The maximum atomic E-state index is 11.1. The lowest BCUT2D eigenvalue weighted by atomic mass is 10.0. The van der Waals surface area contributed by atoms with Gasteiger partial charge in [0.05, 0.1) is 0 Å². The number of hydrogen-bond donors (Lipinski definition) is 2. The van der Waals surface area contributed by atoms with Crippen LogP contribution in [0.3, 0.4) is 0 Å². The van der Waals surface area contributed by atoms with Gasteiger partial charge < -0.3 is 16.0 Å². The van der Waals surface area contributed by atoms with Crippen LogP contribution in [0, 0.1) is 6.92 Å². The zero-order chi connectivity index (χ0) is 15.4. The lowest BCUT2D eigenvalue weighted by Crippen LogP contribution is -2.12. The quantitative estimate of drug-likeness (QED) is 0.887. The van der Waals surface area contributed by atoms with Crippen LogP contribution in [0.4, 0.5) is 11.4 Å². The van der Waals surface area contributed by atoms with Crippen LogP contribution in [-0.4, -0.2) is 20.0 Å². The predicted octanol–water partition coefficient (Wildman–Crippen LogP) is 2.77. The third-order valence-corrected chi connectivity index (χ3v) is 3.49. The Labute approximate surface area is 125 Å². The first-order valence-corrected chi connectivity index (χ1v) is 6.88. The van der Waals surface area contributed by atoms with Crippen molar-refractivity contribution in [1.29, 1.82) is 0 Å². The Balaban J connectivity index is 2.04. The smallest absolute Gasteiger partial charge is 0.248 e. The molecule has 110 valence electrons. The maximum absolute atomic E-state index is 11.1. The number of benzene rings is 2. The van der Waals surface area contributed by atoms with Crippen molar-refractivity contribution < 1.29 is 4.79 Å². The van der Waals surface area contributed by atoms with Crippen LogP contribution in [0.1, 0.15) is 21.5 Å². The van der Waals surface area contributed by atoms with E-state index < -0.39 is 5.91 Å². The zero-order valence-corrected chi connectivity index (χ0v) is 12.7. The van der Waals surface area contributed by atoms with Crippen LogP contribution in [0.2, 0.25) is 0 Å². The topological polar surface area (TPSA) is 58.4 Å². The average molecular weight is 283 g/mol. The van der Waals surface area contributed by atoms with Crippen molar-refractivity contribution in [3.63, 3.8) is 0 Å². The van der Waals surface area contributed by atoms with Gasteiger partial charge in [0, 0.05) is 37.6 Å². The Hall–Kier alpha value is -2.49. The molecule has 0 saturated heterocycles. The summed E-state index contributed by atoms with van der Waals surface area (Å²) in [6.07, 6.45) is 0. The van der Waals surface area contributed by atoms with Gasteiger partial charge in [-0.05, 0) is 54.4 Å². The lowest BCUT2D eigenvalue weighted by Gasteiger charge is -2.14. The molecule has 2 rings (SSSR count). The molecule has 4 nitrogen and oxygen atoms in total. The highest BCUT2D eigenvalue weighted by Crippen LogP contribution is 2.17. The van der Waals surface area contributed by atoms with E-state index in [1.165, 1.54) is 5.69 Å². The van der Waals surface area contributed by atoms with Crippen molar-refractivity contribution in [2.75, 3.05) is 24.3 Å². The first kappa shape index (κ1) is 14.9. The first-order chi connectivity index (χ1) is 9.97. The van der Waals surface area contributed by atoms with Crippen molar-refractivity contribution in [2.24, 2.45) is 5.73 Å². The number of primary amides is 1. The van der Waals surface area contributed by atoms with Gasteiger partial charge in [0.15, 0.2) is 0 Å². The summed E-state index contributed by atoms with van der Waals surface area (Å²) in [6, 6.07) is 13.8. The third-order valence-electron chi connectivity index (χ3n) is 3.49. The molecule has 1 amide bonds. The summed E-state index contributed by atoms with van der Waals surface area (Å²) in [5, 5.41) is 3.38. The van der Waals surface area contributed by atoms with Crippen LogP contribution in [-0.2, 0) is 6.54 Å². The summed E-state index contributed by atoms with van der Waals surface area (Å²) in [5.74, 6) is -0.392. The lowest BCUT2D eigenvalue weighted by molar-refractivity contribution is 0.1000. The molecule has 0 spiro atoms. The van der Waals surface area contributed by atoms with Gasteiger partial charge in [0.2, 0.25) is 5.91 Å². The van der Waals surface area contributed by atoms with E-state index in [9.17, 15) is 4.79 Å². The van der Waals surface area contributed by atoms with Crippen molar-refractivity contribution in [1.82, 2.24) is 0 Å². The van der Waals surface area contributed by atoms with Crippen LogP contribution < -0.4 is 16.0 Å². The SMILES string of the molecule is Cc1cc(C(N)=O)ccc1CNc1ccc(N(C)C)cc1. The minimum absolute atomic E-state index is 0.392. The summed E-state index contributed by atoms with van der Waals surface area (Å²) in [4.78, 5) is 13.2. The van der Waals surface area contributed by atoms with Crippen LogP contribution in [0.5, 0.6) is 0 Å². The van der Waals surface area contributed by atoms with Crippen LogP contribution in [0.15, 0.2) is 42.5 Å². The molecule has 0 atom stereocenters. The fraction of sp³-hybridized carbons (Fsp3) is 0.235. The summed E-state index contributed by atoms with van der Waals surface area (Å²) < 4.78 is 0. The number of aryl methyl sites for hydroxylation is 1. The van der Waals surface area contributed by atoms with Gasteiger partial charge in [-0.2, -0.15) is 0 Å². The molecule has 0 heterocycles. The molecule has 4 heteroatoms. The third kappa shape index (κ3) is 3.75. The van der Waals surface area contributed by atoms with Crippen molar-refractivity contribution in [2.45, 2.75) is 13.5 Å². The molecule has 0 aromatic heterocycles. The van der Waals surface area contributed by atoms with E-state index in [4.69, 9.17) is 5.73 Å². The van der Waals surface area contributed by atoms with E-state index in [2.05, 4.69) is 34.5 Å². The molecular weight excluding hydrogens is 262 g/mol. The van der Waals surface area contributed by atoms with Gasteiger partial charge in [0.25, 0.3) is 0 Å². The Morgan fingerprint density at radius 1 is 1.14 bits per heavy atom. The predicted molar refractivity (Wildman–Crippen MR) is 87.8 cm³/mol. The molecule has 21 heavy (non-hydrogen) atoms. The summed E-state index contributed by atoms with van der Waals surface area (Å²) in [7, 11) is 4.04. The summed E-state index contributed by atoms with van der Waals surface area (Å²) in [6.45, 7) is 2.70. The number of carbonyl (C=O) groups excluding carboxylic acids is 1. The van der Waals surface area contributed by atoms with Crippen molar-refractivity contribution in [3.8, 4) is 0 Å². The van der Waals surface area contributed by atoms with Crippen LogP contribution in [0.25, 0.3) is 0 Å². The Morgan fingerprint density at radius 2 is 1.81 bits per heavy atom. The van der Waals surface area contributed by atoms with Gasteiger partial charge in [-0.15, -0.1) is 0 Å². The molecule has 0 aliphatic carbocycles. The number of rotatable bonds is 5. The second-order valence-corrected chi connectivity index (χ2v) is 5.30. The van der Waals surface area contributed by atoms with Gasteiger partial charge in [-0.1, -0.05) is 6.07 Å². The average Bonchev–Trinajstić information content (AvgIpc) is 2.46. The fourth-order valence-corrected chi connectivity index (χ4v) is 2.12. The largest absolute Gasteiger partial charge is 0.381 e. The molecule has 0 saturated carbocycles. The van der Waals surface area contributed by atoms with Crippen molar-refractivity contribution in [3.05, 3.63) is 59.2 Å². The minimum atomic E-state index is -0.392. The van der Waals surface area contributed by atoms with E-state index in [0.29, 0.717) is 12.1 Å². The summed E-state index contributed by atoms with van der Waals surface area (Å²) >= 11 is 0. The number of nitrogens with zero attached hydrogens (tertiary/aromatic N) is 1. The second-order valence-electron chi connectivity index (χ2n) is 5.30. The Morgan fingerprint density at radius 3 is 2.33 bits per heavy atom. The highest BCUT2D eigenvalue weighted by molar-refractivity contribution is 5.93. The number of nitrogens with two attached hydrogens (primary N) is 1. The number of hydrogen-bond acceptors (Lipinski definition) is 3. The number of carbonyl (C=O) groups is 1. The molecule has 2 aromatic rings. The fourth-order valence-electron chi connectivity index (χ4n) is 2.12. The molecule has 3 N–H and O–H groups in total. The Kier molecular flexibility index (Phi) is 4.48. The monoisotopic (exact) mass is 283 g/mol. The van der Waals surface area contributed by atoms with Crippen LogP contribution >= 0.6 is 0 Å². The van der Waals surface area contributed by atoms with Gasteiger partial charge in [0.1, 0.15) is 0 Å².